The Bertz CT molecular complexity index is 2270. The van der Waals surface area contributed by atoms with Crippen LogP contribution in [0.25, 0.3) is 22.0 Å². The summed E-state index contributed by atoms with van der Waals surface area (Å²) in [5.41, 5.74) is 0.0309. The third-order valence-corrected chi connectivity index (χ3v) is 13.0. The third kappa shape index (κ3) is 9.62. The first-order valence-corrected chi connectivity index (χ1v) is 22.0. The number of hydrogen-bond acceptors (Lipinski definition) is 12. The fraction of sp³-hybridized carbons (Fsp3) is 0.512. The second kappa shape index (κ2) is 16.9. The first-order valence-electron chi connectivity index (χ1n) is 20.4. The number of pyridine rings is 1. The average molecular weight is 846 g/mol. The lowest BCUT2D eigenvalue weighted by atomic mass is 10.1. The van der Waals surface area contributed by atoms with Gasteiger partial charge in [0.15, 0.2) is 0 Å². The summed E-state index contributed by atoms with van der Waals surface area (Å²) in [6, 6.07) is 13.1. The molecule has 322 valence electrons. The van der Waals surface area contributed by atoms with Gasteiger partial charge in [0.1, 0.15) is 35.1 Å². The Labute approximate surface area is 350 Å². The molecule has 3 aromatic rings. The number of rotatable bonds is 9. The molecular formula is C43H55N7O9S. The Morgan fingerprint density at radius 1 is 1.05 bits per heavy atom. The Kier molecular flexibility index (Phi) is 12.0. The minimum atomic E-state index is -3.92. The van der Waals surface area contributed by atoms with Gasteiger partial charge in [0, 0.05) is 49.6 Å². The van der Waals surface area contributed by atoms with E-state index in [1.54, 1.807) is 27.9 Å². The van der Waals surface area contributed by atoms with Gasteiger partial charge in [-0.1, -0.05) is 12.2 Å². The number of aromatic nitrogens is 1. The standard InChI is InChI=1S/C43H55N7O9S/c1-42(2,3)59-41(54)46-35-24-44-19-9-7-8-10-28-23-43(28,40(53)48-60(55,56)32-16-17-32)47-37(51)36-22-31(25-50(36)39(35)52)58-38-33-18-13-29(49(4)5)20-27(33)21-34(45-38)26-11-14-30(57-6)15-12-26/h8,10-15,18,20-21,28,31-32,35-36,44H,7,9,16-17,19,22-25H2,1-6H3,(H,46,54)(H,47,51)(H,48,53)/t28-,31?,35+,36+,43-/m1/s1. The molecule has 60 heavy (non-hydrogen) atoms. The highest BCUT2D eigenvalue weighted by Crippen LogP contribution is 2.46. The molecule has 5 atom stereocenters. The summed E-state index contributed by atoms with van der Waals surface area (Å²) in [7, 11) is 1.58. The number of nitrogens with zero attached hydrogens (tertiary/aromatic N) is 3. The van der Waals surface area contributed by atoms with Crippen LogP contribution in [-0.4, -0.2) is 118 Å². The number of hydrogen-bond donors (Lipinski definition) is 4. The van der Waals surface area contributed by atoms with Gasteiger partial charge in [-0.15, -0.1) is 0 Å². The van der Waals surface area contributed by atoms with Crippen molar-refractivity contribution in [3.63, 3.8) is 0 Å². The topological polar surface area (TPSA) is 198 Å². The number of nitrogens with one attached hydrogen (secondary N) is 4. The third-order valence-electron chi connectivity index (χ3n) is 11.2. The predicted octanol–water partition coefficient (Wildman–Crippen LogP) is 3.64. The molecule has 4 N–H and O–H groups in total. The average Bonchev–Trinajstić information content (AvgIpc) is 4.12. The molecule has 16 nitrogen and oxygen atoms in total. The molecule has 1 unspecified atom stereocenters. The van der Waals surface area contributed by atoms with Crippen LogP contribution >= 0.6 is 0 Å². The molecule has 3 fully saturated rings. The van der Waals surface area contributed by atoms with E-state index in [4.69, 9.17) is 19.2 Å². The van der Waals surface area contributed by atoms with Crippen molar-refractivity contribution in [2.75, 3.05) is 45.7 Å². The van der Waals surface area contributed by atoms with E-state index >= 15 is 0 Å². The van der Waals surface area contributed by atoms with Crippen molar-refractivity contribution in [3.8, 4) is 22.9 Å². The summed E-state index contributed by atoms with van der Waals surface area (Å²) in [6.07, 6.45) is 4.61. The van der Waals surface area contributed by atoms with Crippen molar-refractivity contribution in [1.29, 1.82) is 0 Å². The molecule has 1 aromatic heterocycles. The first-order chi connectivity index (χ1) is 28.5. The smallest absolute Gasteiger partial charge is 0.408 e. The van der Waals surface area contributed by atoms with E-state index in [9.17, 15) is 27.6 Å². The molecule has 2 aliphatic heterocycles. The van der Waals surface area contributed by atoms with Crippen LogP contribution in [0.1, 0.15) is 59.3 Å². The Morgan fingerprint density at radius 3 is 2.48 bits per heavy atom. The maximum absolute atomic E-state index is 14.7. The van der Waals surface area contributed by atoms with Gasteiger partial charge in [0.05, 0.1) is 24.6 Å². The summed E-state index contributed by atoms with van der Waals surface area (Å²) in [6.45, 7) is 5.65. The van der Waals surface area contributed by atoms with Crippen LogP contribution in [0.15, 0.2) is 60.7 Å². The first kappa shape index (κ1) is 42.7. The van der Waals surface area contributed by atoms with E-state index in [0.29, 0.717) is 54.9 Å². The largest absolute Gasteiger partial charge is 0.497 e. The maximum atomic E-state index is 14.7. The van der Waals surface area contributed by atoms with Crippen molar-refractivity contribution in [2.24, 2.45) is 5.92 Å². The Morgan fingerprint density at radius 2 is 1.80 bits per heavy atom. The van der Waals surface area contributed by atoms with Gasteiger partial charge in [-0.3, -0.25) is 19.1 Å². The van der Waals surface area contributed by atoms with Gasteiger partial charge in [-0.05, 0) is 113 Å². The second-order valence-electron chi connectivity index (χ2n) is 17.2. The van der Waals surface area contributed by atoms with Crippen LogP contribution in [0.3, 0.4) is 0 Å². The highest BCUT2D eigenvalue weighted by atomic mass is 32.2. The summed E-state index contributed by atoms with van der Waals surface area (Å²) in [5.74, 6) is -1.49. The summed E-state index contributed by atoms with van der Waals surface area (Å²) < 4.78 is 45.7. The van der Waals surface area contributed by atoms with Gasteiger partial charge >= 0.3 is 6.09 Å². The summed E-state index contributed by atoms with van der Waals surface area (Å²) in [5, 5.41) is 9.79. The van der Waals surface area contributed by atoms with E-state index in [-0.39, 0.29) is 25.9 Å². The minimum absolute atomic E-state index is 0.00839. The van der Waals surface area contributed by atoms with Crippen LogP contribution in [0.5, 0.6) is 11.6 Å². The number of fused-ring (bicyclic) bond motifs is 3. The number of amides is 4. The van der Waals surface area contributed by atoms with Crippen molar-refractivity contribution in [2.45, 2.75) is 93.9 Å². The number of benzene rings is 2. The summed E-state index contributed by atoms with van der Waals surface area (Å²) >= 11 is 0. The van der Waals surface area contributed by atoms with E-state index in [1.807, 2.05) is 79.7 Å². The molecule has 2 aliphatic carbocycles. The van der Waals surface area contributed by atoms with Crippen molar-refractivity contribution in [1.82, 2.24) is 30.6 Å². The number of carbonyl (C=O) groups excluding carboxylic acids is 4. The van der Waals surface area contributed by atoms with E-state index in [0.717, 1.165) is 16.6 Å². The number of anilines is 1. The fourth-order valence-electron chi connectivity index (χ4n) is 7.69. The molecule has 4 aliphatic rings. The Balaban J connectivity index is 1.24. The molecule has 2 saturated carbocycles. The number of carbonyl (C=O) groups is 4. The molecule has 4 amide bonds. The molecule has 0 radical (unpaired) electrons. The zero-order chi connectivity index (χ0) is 43.0. The van der Waals surface area contributed by atoms with Gasteiger partial charge in [0.2, 0.25) is 27.7 Å². The normalized spacial score (nSPS) is 24.9. The number of methoxy groups -OCH3 is 1. The molecule has 2 aromatic carbocycles. The lowest BCUT2D eigenvalue weighted by molar-refractivity contribution is -0.141. The van der Waals surface area contributed by atoms with Gasteiger partial charge in [-0.25, -0.2) is 18.2 Å². The molecule has 7 rings (SSSR count). The van der Waals surface area contributed by atoms with E-state index in [2.05, 4.69) is 20.7 Å². The highest BCUT2D eigenvalue weighted by Gasteiger charge is 2.62. The van der Waals surface area contributed by atoms with Crippen LogP contribution in [0.2, 0.25) is 0 Å². The lowest BCUT2D eigenvalue weighted by Gasteiger charge is -2.30. The Hall–Kier alpha value is -5.42. The van der Waals surface area contributed by atoms with Crippen molar-refractivity contribution >= 4 is 50.3 Å². The van der Waals surface area contributed by atoms with Gasteiger partial charge in [-0.2, -0.15) is 0 Å². The monoisotopic (exact) mass is 845 g/mol. The second-order valence-corrected chi connectivity index (χ2v) is 19.2. The molecule has 0 bridgehead atoms. The van der Waals surface area contributed by atoms with Crippen LogP contribution in [-0.2, 0) is 29.1 Å². The number of alkyl carbamates (subject to hydrolysis) is 1. The van der Waals surface area contributed by atoms with Gasteiger partial charge in [0.25, 0.3) is 5.91 Å². The number of ether oxygens (including phenoxy) is 3. The maximum Gasteiger partial charge on any atom is 0.408 e. The number of allylic oxidation sites excluding steroid dienone is 1. The predicted molar refractivity (Wildman–Crippen MR) is 226 cm³/mol. The lowest BCUT2D eigenvalue weighted by Crippen LogP contribution is -2.59. The number of sulfonamides is 1. The van der Waals surface area contributed by atoms with Crippen molar-refractivity contribution < 1.29 is 41.8 Å². The fourth-order valence-corrected chi connectivity index (χ4v) is 9.06. The SMILES string of the molecule is COc1ccc(-c2cc3cc(N(C)C)ccc3c(OC3C[C@H]4C(=O)N[C@]5(C(=O)NS(=O)(=O)C6CC6)C[C@H]5C=CCCCNC[C@H](NC(=O)OC(C)(C)C)C(=O)N4C3)n2)cc1. The highest BCUT2D eigenvalue weighted by molar-refractivity contribution is 7.91. The van der Waals surface area contributed by atoms with E-state index < -0.39 is 74.3 Å². The van der Waals surface area contributed by atoms with E-state index in [1.165, 1.54) is 4.90 Å². The van der Waals surface area contributed by atoms with Crippen molar-refractivity contribution in [3.05, 3.63) is 60.7 Å². The molecular weight excluding hydrogens is 791 g/mol. The molecule has 3 heterocycles. The molecule has 0 spiro atoms. The van der Waals surface area contributed by atoms with Crippen LogP contribution in [0, 0.1) is 5.92 Å². The molecule has 1 saturated heterocycles. The quantitative estimate of drug-likeness (QED) is 0.229. The van der Waals surface area contributed by atoms with Crippen LogP contribution < -0.4 is 35.0 Å². The minimum Gasteiger partial charge on any atom is -0.497 e. The summed E-state index contributed by atoms with van der Waals surface area (Å²) in [4.78, 5) is 64.5. The zero-order valence-electron chi connectivity index (χ0n) is 34.9. The molecule has 17 heteroatoms. The van der Waals surface area contributed by atoms with Gasteiger partial charge < -0.3 is 40.0 Å². The van der Waals surface area contributed by atoms with Crippen LogP contribution in [0.4, 0.5) is 10.5 Å². The zero-order valence-corrected chi connectivity index (χ0v) is 35.8.